The smallest absolute Gasteiger partial charge is 0.341 e. The molecule has 0 aliphatic rings. The molecule has 2 heterocycles. The number of nitrogens with zero attached hydrogens (tertiary/aromatic N) is 3. The van der Waals surface area contributed by atoms with E-state index in [1.807, 2.05) is 11.5 Å². The molecular formula is C23H26ClN5O5S2. The summed E-state index contributed by atoms with van der Waals surface area (Å²) >= 11 is 8.03. The summed E-state index contributed by atoms with van der Waals surface area (Å²) < 4.78 is 12.9. The average Bonchev–Trinajstić information content (AvgIpc) is 3.36. The minimum absolute atomic E-state index is 0.00229. The maximum Gasteiger partial charge on any atom is 0.341 e. The maximum atomic E-state index is 12.7. The van der Waals surface area contributed by atoms with E-state index in [4.69, 9.17) is 26.8 Å². The molecule has 0 unspecified atom stereocenters. The number of hydrogen-bond donors (Lipinski definition) is 2. The molecule has 0 spiro atoms. The Kier molecular flexibility index (Phi) is 9.35. The van der Waals surface area contributed by atoms with Gasteiger partial charge < -0.3 is 25.1 Å². The number of ether oxygens (including phenoxy) is 2. The molecule has 2 aromatic heterocycles. The second-order valence-corrected chi connectivity index (χ2v) is 10.2. The Bertz CT molecular complexity index is 1260. The molecule has 36 heavy (non-hydrogen) atoms. The third-order valence-electron chi connectivity index (χ3n) is 4.79. The van der Waals surface area contributed by atoms with Crippen LogP contribution in [0.2, 0.25) is 5.02 Å². The summed E-state index contributed by atoms with van der Waals surface area (Å²) in [5.41, 5.74) is 5.93. The van der Waals surface area contributed by atoms with Crippen LogP contribution in [0.4, 0.5) is 5.00 Å². The molecule has 0 aliphatic carbocycles. The van der Waals surface area contributed by atoms with Crippen molar-refractivity contribution in [3.05, 3.63) is 51.1 Å². The molecule has 0 radical (unpaired) electrons. The number of aromatic nitrogens is 3. The van der Waals surface area contributed by atoms with Gasteiger partial charge in [0.25, 0.3) is 5.91 Å². The second kappa shape index (κ2) is 12.2. The molecule has 0 aliphatic heterocycles. The second-order valence-electron chi connectivity index (χ2n) is 7.80. The zero-order valence-electron chi connectivity index (χ0n) is 20.2. The van der Waals surface area contributed by atoms with Crippen LogP contribution in [-0.2, 0) is 22.7 Å². The topological polar surface area (TPSA) is 138 Å². The summed E-state index contributed by atoms with van der Waals surface area (Å²) in [6.07, 6.45) is -0.369. The number of amides is 2. The van der Waals surface area contributed by atoms with Gasteiger partial charge in [0, 0.05) is 11.6 Å². The number of rotatable bonds is 11. The average molecular weight is 552 g/mol. The molecule has 10 nitrogen and oxygen atoms in total. The lowest BCUT2D eigenvalue weighted by Crippen LogP contribution is -2.18. The molecule has 0 atom stereocenters. The van der Waals surface area contributed by atoms with Gasteiger partial charge in [-0.2, -0.15) is 0 Å². The van der Waals surface area contributed by atoms with E-state index in [-0.39, 0.29) is 39.8 Å². The number of anilines is 1. The van der Waals surface area contributed by atoms with Crippen LogP contribution in [0.3, 0.4) is 0 Å². The first-order valence-corrected chi connectivity index (χ1v) is 13.2. The number of primary amides is 1. The maximum absolute atomic E-state index is 12.7. The molecule has 3 N–H and O–H groups in total. The molecule has 3 rings (SSSR count). The van der Waals surface area contributed by atoms with Gasteiger partial charge >= 0.3 is 5.97 Å². The highest BCUT2D eigenvalue weighted by molar-refractivity contribution is 7.99. The first-order chi connectivity index (χ1) is 17.1. The molecule has 3 aromatic rings. The molecule has 0 saturated carbocycles. The zero-order valence-corrected chi connectivity index (χ0v) is 22.6. The summed E-state index contributed by atoms with van der Waals surface area (Å²) in [6, 6.07) is 6.99. The Morgan fingerprint density at radius 3 is 2.53 bits per heavy atom. The van der Waals surface area contributed by atoms with Crippen molar-refractivity contribution < 1.29 is 23.9 Å². The highest BCUT2D eigenvalue weighted by Crippen LogP contribution is 2.34. The number of thioether (sulfide) groups is 1. The highest BCUT2D eigenvalue weighted by atomic mass is 35.5. The fourth-order valence-electron chi connectivity index (χ4n) is 3.18. The highest BCUT2D eigenvalue weighted by Gasteiger charge is 2.26. The number of thiophene rings is 1. The Balaban J connectivity index is 1.68. The molecule has 2 amide bonds. The van der Waals surface area contributed by atoms with E-state index in [9.17, 15) is 14.4 Å². The predicted octanol–water partition coefficient (Wildman–Crippen LogP) is 4.30. The van der Waals surface area contributed by atoms with Crippen molar-refractivity contribution in [2.45, 2.75) is 52.1 Å². The van der Waals surface area contributed by atoms with Crippen LogP contribution < -0.4 is 15.8 Å². The monoisotopic (exact) mass is 551 g/mol. The number of benzene rings is 1. The number of carbonyl (C=O) groups excluding carboxylic acids is 3. The Morgan fingerprint density at radius 1 is 1.22 bits per heavy atom. The quantitative estimate of drug-likeness (QED) is 0.266. The van der Waals surface area contributed by atoms with Crippen molar-refractivity contribution in [2.24, 2.45) is 5.73 Å². The van der Waals surface area contributed by atoms with Crippen LogP contribution in [0.15, 0.2) is 29.4 Å². The Labute approximate surface area is 221 Å². The molecule has 0 fully saturated rings. The lowest BCUT2D eigenvalue weighted by Gasteiger charge is -2.11. The SMILES string of the molecule is CCn1c(COc2ccc(Cl)cc2)nnc1SCC(=O)Nc1sc(C(N)=O)c(C)c1C(=O)OC(C)C. The van der Waals surface area contributed by atoms with Crippen molar-refractivity contribution in [1.29, 1.82) is 0 Å². The number of hydrogen-bond acceptors (Lipinski definition) is 9. The van der Waals surface area contributed by atoms with Gasteiger partial charge in [0.05, 0.1) is 22.3 Å². The third kappa shape index (κ3) is 6.77. The number of nitrogens with one attached hydrogen (secondary N) is 1. The number of nitrogens with two attached hydrogens (primary N) is 1. The Hall–Kier alpha value is -3.09. The van der Waals surface area contributed by atoms with E-state index in [0.29, 0.717) is 33.9 Å². The fraction of sp³-hybridized carbons (Fsp3) is 0.348. The fourth-order valence-corrected chi connectivity index (χ4v) is 5.19. The normalized spacial score (nSPS) is 10.9. The first kappa shape index (κ1) is 27.5. The van der Waals surface area contributed by atoms with E-state index in [1.54, 1.807) is 45.0 Å². The summed E-state index contributed by atoms with van der Waals surface area (Å²) in [5, 5.41) is 12.4. The van der Waals surface area contributed by atoms with E-state index in [1.165, 1.54) is 11.8 Å². The lowest BCUT2D eigenvalue weighted by molar-refractivity contribution is -0.113. The zero-order chi connectivity index (χ0) is 26.4. The molecule has 13 heteroatoms. The van der Waals surface area contributed by atoms with Crippen LogP contribution in [0.5, 0.6) is 5.75 Å². The van der Waals surface area contributed by atoms with Gasteiger partial charge in [-0.3, -0.25) is 9.59 Å². The van der Waals surface area contributed by atoms with E-state index >= 15 is 0 Å². The van der Waals surface area contributed by atoms with Gasteiger partial charge in [-0.15, -0.1) is 21.5 Å². The van der Waals surface area contributed by atoms with Crippen molar-refractivity contribution >= 4 is 57.5 Å². The van der Waals surface area contributed by atoms with E-state index < -0.39 is 11.9 Å². The minimum atomic E-state index is -0.685. The van der Waals surface area contributed by atoms with Crippen molar-refractivity contribution in [1.82, 2.24) is 14.8 Å². The molecule has 0 bridgehead atoms. The van der Waals surface area contributed by atoms with Gasteiger partial charge in [0.15, 0.2) is 11.0 Å². The van der Waals surface area contributed by atoms with Crippen molar-refractivity contribution in [3.63, 3.8) is 0 Å². The molecule has 1 aromatic carbocycles. The summed E-state index contributed by atoms with van der Waals surface area (Å²) in [7, 11) is 0. The van der Waals surface area contributed by atoms with Crippen molar-refractivity contribution in [3.8, 4) is 5.75 Å². The summed E-state index contributed by atoms with van der Waals surface area (Å²) in [5.74, 6) is -0.459. The molecular weight excluding hydrogens is 526 g/mol. The van der Waals surface area contributed by atoms with E-state index in [0.717, 1.165) is 11.3 Å². The Morgan fingerprint density at radius 2 is 1.92 bits per heavy atom. The van der Waals surface area contributed by atoms with Gasteiger partial charge in [0.1, 0.15) is 17.4 Å². The van der Waals surface area contributed by atoms with E-state index in [2.05, 4.69) is 15.5 Å². The third-order valence-corrected chi connectivity index (χ3v) is 7.23. The van der Waals surface area contributed by atoms with Crippen LogP contribution >= 0.6 is 34.7 Å². The van der Waals surface area contributed by atoms with Gasteiger partial charge in [-0.05, 0) is 57.5 Å². The lowest BCUT2D eigenvalue weighted by atomic mass is 10.1. The van der Waals surface area contributed by atoms with Crippen LogP contribution in [-0.4, -0.2) is 44.4 Å². The first-order valence-electron chi connectivity index (χ1n) is 11.0. The largest absolute Gasteiger partial charge is 0.486 e. The summed E-state index contributed by atoms with van der Waals surface area (Å²) in [4.78, 5) is 37.3. The van der Waals surface area contributed by atoms with Gasteiger partial charge in [-0.1, -0.05) is 23.4 Å². The number of carbonyl (C=O) groups is 3. The van der Waals surface area contributed by atoms with Crippen LogP contribution in [0, 0.1) is 6.92 Å². The predicted molar refractivity (Wildman–Crippen MR) is 139 cm³/mol. The summed E-state index contributed by atoms with van der Waals surface area (Å²) in [6.45, 7) is 7.72. The molecule has 192 valence electrons. The molecule has 0 saturated heterocycles. The standard InChI is InChI=1S/C23H26ClN5O5S2/c1-5-29-16(10-33-15-8-6-14(24)7-9-15)27-28-23(29)35-11-17(30)26-21-18(22(32)34-12(2)3)13(4)19(36-21)20(25)31/h6-9,12H,5,10-11H2,1-4H3,(H2,25,31)(H,26,30). The number of halogens is 1. The van der Waals surface area contributed by atoms with Crippen molar-refractivity contribution in [2.75, 3.05) is 11.1 Å². The number of esters is 1. The van der Waals surface area contributed by atoms with Crippen LogP contribution in [0.1, 0.15) is 52.2 Å². The minimum Gasteiger partial charge on any atom is -0.486 e. The van der Waals surface area contributed by atoms with Gasteiger partial charge in [-0.25, -0.2) is 4.79 Å². The van der Waals surface area contributed by atoms with Crippen LogP contribution in [0.25, 0.3) is 0 Å². The van der Waals surface area contributed by atoms with Gasteiger partial charge in [0.2, 0.25) is 5.91 Å².